The number of amides is 1. The normalized spacial score (nSPS) is 21.2. The minimum absolute atomic E-state index is 0.0917. The van der Waals surface area contributed by atoms with Crippen molar-refractivity contribution in [2.45, 2.75) is 18.3 Å². The van der Waals surface area contributed by atoms with Crippen molar-refractivity contribution < 1.29 is 18.7 Å². The second-order valence-electron chi connectivity index (χ2n) is 6.38. The van der Waals surface area contributed by atoms with Crippen molar-refractivity contribution in [1.82, 2.24) is 4.90 Å². The zero-order valence-corrected chi connectivity index (χ0v) is 16.6. The third kappa shape index (κ3) is 3.16. The highest BCUT2D eigenvalue weighted by Gasteiger charge is 2.50. The molecule has 0 aliphatic carbocycles. The number of carbonyl (C=O) groups is 2. The maximum atomic E-state index is 13.3. The van der Waals surface area contributed by atoms with Crippen molar-refractivity contribution in [2.24, 2.45) is 0 Å². The summed E-state index contributed by atoms with van der Waals surface area (Å²) in [6.45, 7) is 2.05. The third-order valence-electron chi connectivity index (χ3n) is 4.71. The number of benzene rings is 2. The van der Waals surface area contributed by atoms with E-state index in [0.717, 1.165) is 5.56 Å². The van der Waals surface area contributed by atoms with Crippen LogP contribution in [0.5, 0.6) is 0 Å². The molecule has 144 valence electrons. The van der Waals surface area contributed by atoms with Gasteiger partial charge in [0.2, 0.25) is 0 Å². The van der Waals surface area contributed by atoms with Gasteiger partial charge in [-0.3, -0.25) is 9.69 Å². The number of esters is 1. The van der Waals surface area contributed by atoms with E-state index in [1.165, 1.54) is 17.0 Å². The Morgan fingerprint density at radius 2 is 1.89 bits per heavy atom. The van der Waals surface area contributed by atoms with Gasteiger partial charge < -0.3 is 9.64 Å². The van der Waals surface area contributed by atoms with Crippen LogP contribution in [0.1, 0.15) is 28.2 Å². The number of hydrogen-bond acceptors (Lipinski definition) is 5. The minimum atomic E-state index is -0.405. The molecule has 1 amide bonds. The molecule has 2 aromatic carbocycles. The number of fused-ring (bicyclic) bond motifs is 1. The van der Waals surface area contributed by atoms with Crippen molar-refractivity contribution in [3.8, 4) is 0 Å². The third-order valence-corrected chi connectivity index (χ3v) is 6.43. The fourth-order valence-electron chi connectivity index (χ4n) is 3.37. The number of nitrogens with zero attached hydrogens (tertiary/aromatic N) is 2. The number of thioether (sulfide) groups is 1. The SMILES string of the molecule is CCOC(=O)c1ccc(N2C(=O)[C@@H]3CS[C@H](c4ccc(F)cc4)N3C2=S)cc1. The van der Waals surface area contributed by atoms with Crippen molar-refractivity contribution in [3.05, 3.63) is 65.5 Å². The molecule has 2 aromatic rings. The van der Waals surface area contributed by atoms with E-state index >= 15 is 0 Å². The Balaban J connectivity index is 1.59. The molecule has 2 aliphatic rings. The van der Waals surface area contributed by atoms with E-state index in [2.05, 4.69) is 0 Å². The van der Waals surface area contributed by atoms with E-state index in [-0.39, 0.29) is 23.1 Å². The summed E-state index contributed by atoms with van der Waals surface area (Å²) in [5.41, 5.74) is 1.94. The molecule has 2 atom stereocenters. The summed E-state index contributed by atoms with van der Waals surface area (Å²) in [6, 6.07) is 12.6. The first kappa shape index (κ1) is 18.9. The smallest absolute Gasteiger partial charge is 0.338 e. The largest absolute Gasteiger partial charge is 0.462 e. The lowest BCUT2D eigenvalue weighted by Gasteiger charge is -2.25. The summed E-state index contributed by atoms with van der Waals surface area (Å²) in [4.78, 5) is 28.2. The molecule has 2 aliphatic heterocycles. The van der Waals surface area contributed by atoms with Gasteiger partial charge in [-0.2, -0.15) is 0 Å². The summed E-state index contributed by atoms with van der Waals surface area (Å²) >= 11 is 7.24. The van der Waals surface area contributed by atoms with Gasteiger partial charge >= 0.3 is 5.97 Å². The van der Waals surface area contributed by atoms with Crippen LogP contribution in [0.3, 0.4) is 0 Å². The Bertz CT molecular complexity index is 933. The van der Waals surface area contributed by atoms with Crippen LogP contribution in [0.2, 0.25) is 0 Å². The average molecular weight is 416 g/mol. The number of rotatable bonds is 4. The fraction of sp³-hybridized carbons (Fsp3) is 0.250. The predicted molar refractivity (Wildman–Crippen MR) is 110 cm³/mol. The van der Waals surface area contributed by atoms with Crippen molar-refractivity contribution in [2.75, 3.05) is 17.3 Å². The second-order valence-corrected chi connectivity index (χ2v) is 7.86. The molecule has 0 spiro atoms. The van der Waals surface area contributed by atoms with E-state index < -0.39 is 5.97 Å². The number of ether oxygens (including phenoxy) is 1. The first-order chi connectivity index (χ1) is 13.5. The molecule has 0 bridgehead atoms. The quantitative estimate of drug-likeness (QED) is 0.559. The van der Waals surface area contributed by atoms with E-state index in [4.69, 9.17) is 17.0 Å². The van der Waals surface area contributed by atoms with Crippen LogP contribution in [0.4, 0.5) is 10.1 Å². The molecule has 0 unspecified atom stereocenters. The Kier molecular flexibility index (Phi) is 5.07. The number of thiocarbonyl (C=S) groups is 1. The Morgan fingerprint density at radius 3 is 2.54 bits per heavy atom. The maximum absolute atomic E-state index is 13.3. The highest BCUT2D eigenvalue weighted by molar-refractivity contribution is 7.99. The number of hydrogen-bond donors (Lipinski definition) is 0. The molecule has 4 rings (SSSR count). The molecule has 0 aromatic heterocycles. The zero-order chi connectivity index (χ0) is 19.8. The van der Waals surface area contributed by atoms with Crippen LogP contribution < -0.4 is 4.90 Å². The molecule has 0 N–H and O–H groups in total. The molecule has 0 saturated carbocycles. The van der Waals surface area contributed by atoms with Gasteiger partial charge in [-0.1, -0.05) is 12.1 Å². The lowest BCUT2D eigenvalue weighted by molar-refractivity contribution is -0.119. The molecule has 5 nitrogen and oxygen atoms in total. The minimum Gasteiger partial charge on any atom is -0.462 e. The molecular formula is C20H17FN2O3S2. The topological polar surface area (TPSA) is 49.9 Å². The first-order valence-electron chi connectivity index (χ1n) is 8.81. The van der Waals surface area contributed by atoms with Crippen LogP contribution in [0.15, 0.2) is 48.5 Å². The maximum Gasteiger partial charge on any atom is 0.338 e. The predicted octanol–water partition coefficient (Wildman–Crippen LogP) is 3.75. The molecule has 2 saturated heterocycles. The monoisotopic (exact) mass is 416 g/mol. The highest BCUT2D eigenvalue weighted by Crippen LogP contribution is 2.46. The molecule has 8 heteroatoms. The van der Waals surface area contributed by atoms with Crippen molar-refractivity contribution >= 4 is 46.7 Å². The van der Waals surface area contributed by atoms with E-state index in [1.807, 2.05) is 4.90 Å². The molecular weight excluding hydrogens is 399 g/mol. The first-order valence-corrected chi connectivity index (χ1v) is 10.3. The zero-order valence-electron chi connectivity index (χ0n) is 15.0. The van der Waals surface area contributed by atoms with E-state index in [9.17, 15) is 14.0 Å². The summed E-state index contributed by atoms with van der Waals surface area (Å²) in [5, 5.41) is 0.282. The van der Waals surface area contributed by atoms with E-state index in [1.54, 1.807) is 55.1 Å². The fourth-order valence-corrected chi connectivity index (χ4v) is 5.29. The lowest BCUT2D eigenvalue weighted by atomic mass is 10.2. The number of halogens is 1. The van der Waals surface area contributed by atoms with Crippen LogP contribution in [0, 0.1) is 5.82 Å². The van der Waals surface area contributed by atoms with Gasteiger partial charge in [-0.25, -0.2) is 9.18 Å². The van der Waals surface area contributed by atoms with Crippen molar-refractivity contribution in [3.63, 3.8) is 0 Å². The number of anilines is 1. The van der Waals surface area contributed by atoms with Gasteiger partial charge in [-0.05, 0) is 61.1 Å². The second kappa shape index (κ2) is 7.52. The molecule has 2 fully saturated rings. The van der Waals surface area contributed by atoms with Crippen LogP contribution in [-0.4, -0.2) is 40.3 Å². The summed E-state index contributed by atoms with van der Waals surface area (Å²) < 4.78 is 18.2. The van der Waals surface area contributed by atoms with Gasteiger partial charge in [0.1, 0.15) is 17.2 Å². The van der Waals surface area contributed by atoms with E-state index in [0.29, 0.717) is 28.7 Å². The van der Waals surface area contributed by atoms with Gasteiger partial charge in [0.05, 0.1) is 17.9 Å². The molecule has 0 radical (unpaired) electrons. The Labute approximate surface area is 171 Å². The van der Waals surface area contributed by atoms with Gasteiger partial charge in [0.15, 0.2) is 5.11 Å². The van der Waals surface area contributed by atoms with Crippen LogP contribution in [-0.2, 0) is 9.53 Å². The molecule has 2 heterocycles. The Morgan fingerprint density at radius 1 is 1.21 bits per heavy atom. The van der Waals surface area contributed by atoms with Crippen molar-refractivity contribution in [1.29, 1.82) is 0 Å². The van der Waals surface area contributed by atoms with Crippen LogP contribution >= 0.6 is 24.0 Å². The average Bonchev–Trinajstić information content (AvgIpc) is 3.23. The highest BCUT2D eigenvalue weighted by atomic mass is 32.2. The number of carbonyl (C=O) groups excluding carboxylic acids is 2. The summed E-state index contributed by atoms with van der Waals surface area (Å²) in [6.07, 6.45) is 0. The standard InChI is InChI=1S/C20H17FN2O3S2/c1-2-26-19(25)13-5-9-15(10-6-13)22-17(24)16-11-28-18(23(16)20(22)27)12-3-7-14(21)8-4-12/h3-10,16,18H,2,11H2,1H3/t16-,18+/m0/s1. The van der Waals surface area contributed by atoms with Gasteiger partial charge in [-0.15, -0.1) is 11.8 Å². The van der Waals surface area contributed by atoms with Crippen LogP contribution in [0.25, 0.3) is 0 Å². The lowest BCUT2D eigenvalue weighted by Crippen LogP contribution is -2.33. The summed E-state index contributed by atoms with van der Waals surface area (Å²) in [5.74, 6) is -0.186. The Hall–Kier alpha value is -2.45. The van der Waals surface area contributed by atoms with Gasteiger partial charge in [0, 0.05) is 5.75 Å². The summed E-state index contributed by atoms with van der Waals surface area (Å²) in [7, 11) is 0. The molecule has 28 heavy (non-hydrogen) atoms. The van der Waals surface area contributed by atoms with Gasteiger partial charge in [0.25, 0.3) is 5.91 Å².